The smallest absolute Gasteiger partial charge is 0.340 e. The Labute approximate surface area is 116 Å². The van der Waals surface area contributed by atoms with E-state index in [-0.39, 0.29) is 32.9 Å². The summed E-state index contributed by atoms with van der Waals surface area (Å²) in [5, 5.41) is 0. The second kappa shape index (κ2) is 6.44. The largest absolute Gasteiger partial charge is 0.462 e. The first kappa shape index (κ1) is 14.6. The van der Waals surface area contributed by atoms with Crippen molar-refractivity contribution in [1.29, 1.82) is 0 Å². The molecule has 94 valence electrons. The maximum absolute atomic E-state index is 12.8. The summed E-state index contributed by atoms with van der Waals surface area (Å²) < 4.78 is 30.6. The molecule has 0 amide bonds. The van der Waals surface area contributed by atoms with Gasteiger partial charge in [0.1, 0.15) is 0 Å². The number of alkyl halides is 3. The van der Waals surface area contributed by atoms with E-state index in [4.69, 9.17) is 16.3 Å². The Hall–Kier alpha value is -0.500. The van der Waals surface area contributed by atoms with Crippen LogP contribution in [0.1, 0.15) is 35.0 Å². The minimum atomic E-state index is -2.72. The molecule has 0 atom stereocenters. The average Bonchev–Trinajstić information content (AvgIpc) is 2.27. The number of nitrogens with zero attached hydrogens (tertiary/aromatic N) is 1. The van der Waals surface area contributed by atoms with Crippen molar-refractivity contribution < 1.29 is 18.3 Å². The number of halogens is 4. The SMILES string of the molecule is CCOC(=O)c1cnc(CCl)c(C(F)F)c1I. The summed E-state index contributed by atoms with van der Waals surface area (Å²) in [6.45, 7) is 1.82. The van der Waals surface area contributed by atoms with E-state index < -0.39 is 12.4 Å². The molecule has 0 radical (unpaired) electrons. The number of carbonyl (C=O) groups is 1. The summed E-state index contributed by atoms with van der Waals surface area (Å²) in [6.07, 6.45) is -1.51. The van der Waals surface area contributed by atoms with Crippen molar-refractivity contribution in [2.75, 3.05) is 6.61 Å². The third-order valence-corrected chi connectivity index (χ3v) is 3.39. The molecule has 1 aromatic rings. The van der Waals surface area contributed by atoms with Gasteiger partial charge in [0.2, 0.25) is 0 Å². The zero-order chi connectivity index (χ0) is 13.0. The topological polar surface area (TPSA) is 39.2 Å². The van der Waals surface area contributed by atoms with E-state index in [0.717, 1.165) is 0 Å². The number of rotatable bonds is 4. The van der Waals surface area contributed by atoms with Crippen molar-refractivity contribution in [1.82, 2.24) is 4.98 Å². The first-order valence-corrected chi connectivity index (χ1v) is 6.32. The fourth-order valence-corrected chi connectivity index (χ4v) is 2.34. The Bertz CT molecular complexity index is 429. The summed E-state index contributed by atoms with van der Waals surface area (Å²) in [6, 6.07) is 0. The number of pyridine rings is 1. The predicted molar refractivity (Wildman–Crippen MR) is 67.4 cm³/mol. The minimum absolute atomic E-state index is 0.0385. The highest BCUT2D eigenvalue weighted by Gasteiger charge is 2.23. The molecule has 0 N–H and O–H groups in total. The minimum Gasteiger partial charge on any atom is -0.462 e. The third kappa shape index (κ3) is 3.25. The Morgan fingerprint density at radius 2 is 2.29 bits per heavy atom. The Morgan fingerprint density at radius 3 is 2.76 bits per heavy atom. The Balaban J connectivity index is 3.27. The second-order valence-electron chi connectivity index (χ2n) is 3.00. The maximum atomic E-state index is 12.8. The molecule has 0 saturated carbocycles. The molecule has 0 fully saturated rings. The van der Waals surface area contributed by atoms with Gasteiger partial charge in [0.25, 0.3) is 6.43 Å². The fraction of sp³-hybridized carbons (Fsp3) is 0.400. The normalized spacial score (nSPS) is 10.7. The van der Waals surface area contributed by atoms with Gasteiger partial charge in [-0.2, -0.15) is 0 Å². The zero-order valence-corrected chi connectivity index (χ0v) is 11.8. The van der Waals surface area contributed by atoms with Crippen molar-refractivity contribution >= 4 is 40.2 Å². The molecular formula is C10H9ClF2INO2. The van der Waals surface area contributed by atoms with Crippen molar-refractivity contribution in [3.05, 3.63) is 26.6 Å². The van der Waals surface area contributed by atoms with Crippen LogP contribution in [0.5, 0.6) is 0 Å². The van der Waals surface area contributed by atoms with Gasteiger partial charge in [0.15, 0.2) is 0 Å². The fourth-order valence-electron chi connectivity index (χ4n) is 1.22. The monoisotopic (exact) mass is 375 g/mol. The number of hydrogen-bond donors (Lipinski definition) is 0. The molecule has 0 aliphatic rings. The quantitative estimate of drug-likeness (QED) is 0.459. The van der Waals surface area contributed by atoms with Crippen LogP contribution in [-0.4, -0.2) is 17.6 Å². The molecule has 0 aliphatic carbocycles. The molecular weight excluding hydrogens is 366 g/mol. The number of esters is 1. The number of carbonyl (C=O) groups excluding carboxylic acids is 1. The lowest BCUT2D eigenvalue weighted by atomic mass is 10.1. The molecule has 7 heteroatoms. The number of ether oxygens (including phenoxy) is 1. The van der Waals surface area contributed by atoms with Crippen LogP contribution >= 0.6 is 34.2 Å². The van der Waals surface area contributed by atoms with Gasteiger partial charge in [0, 0.05) is 9.77 Å². The zero-order valence-electron chi connectivity index (χ0n) is 8.84. The summed E-state index contributed by atoms with van der Waals surface area (Å²) in [5.74, 6) is -0.786. The molecule has 0 saturated heterocycles. The predicted octanol–water partition coefficient (Wildman–Crippen LogP) is 3.54. The molecule has 0 aliphatic heterocycles. The summed E-state index contributed by atoms with van der Waals surface area (Å²) in [7, 11) is 0. The summed E-state index contributed by atoms with van der Waals surface area (Å²) >= 11 is 7.21. The average molecular weight is 376 g/mol. The molecule has 1 rings (SSSR count). The van der Waals surface area contributed by atoms with E-state index in [1.165, 1.54) is 6.20 Å². The summed E-state index contributed by atoms with van der Waals surface area (Å²) in [4.78, 5) is 15.3. The Kier molecular flexibility index (Phi) is 5.51. The molecule has 0 spiro atoms. The maximum Gasteiger partial charge on any atom is 0.340 e. The van der Waals surface area contributed by atoms with Gasteiger partial charge in [-0.3, -0.25) is 4.98 Å². The van der Waals surface area contributed by atoms with Crippen molar-refractivity contribution in [2.24, 2.45) is 0 Å². The van der Waals surface area contributed by atoms with Crippen molar-refractivity contribution in [3.63, 3.8) is 0 Å². The highest BCUT2D eigenvalue weighted by Crippen LogP contribution is 2.30. The van der Waals surface area contributed by atoms with E-state index in [1.807, 2.05) is 0 Å². The van der Waals surface area contributed by atoms with Crippen LogP contribution in [0.15, 0.2) is 6.20 Å². The van der Waals surface area contributed by atoms with E-state index in [2.05, 4.69) is 4.98 Å². The third-order valence-electron chi connectivity index (χ3n) is 1.97. The van der Waals surface area contributed by atoms with Gasteiger partial charge in [-0.05, 0) is 29.5 Å². The van der Waals surface area contributed by atoms with Gasteiger partial charge in [-0.1, -0.05) is 0 Å². The van der Waals surface area contributed by atoms with Crippen LogP contribution in [0.25, 0.3) is 0 Å². The van der Waals surface area contributed by atoms with Gasteiger partial charge in [0.05, 0.1) is 29.3 Å². The van der Waals surface area contributed by atoms with Gasteiger partial charge in [-0.25, -0.2) is 13.6 Å². The standard InChI is InChI=1S/C10H9ClF2INO2/c1-2-17-10(16)5-4-15-6(3-11)7(8(5)14)9(12)13/h4,9H,2-3H2,1H3. The van der Waals surface area contributed by atoms with E-state index in [0.29, 0.717) is 0 Å². The summed E-state index contributed by atoms with van der Waals surface area (Å²) in [5.41, 5.74) is -0.179. The number of aromatic nitrogens is 1. The van der Waals surface area contributed by atoms with Crippen LogP contribution in [0, 0.1) is 3.57 Å². The van der Waals surface area contributed by atoms with E-state index >= 15 is 0 Å². The number of hydrogen-bond acceptors (Lipinski definition) is 3. The highest BCUT2D eigenvalue weighted by molar-refractivity contribution is 14.1. The van der Waals surface area contributed by atoms with Crippen molar-refractivity contribution in [2.45, 2.75) is 19.2 Å². The lowest BCUT2D eigenvalue weighted by molar-refractivity contribution is 0.0524. The molecule has 17 heavy (non-hydrogen) atoms. The molecule has 0 bridgehead atoms. The highest BCUT2D eigenvalue weighted by atomic mass is 127. The first-order chi connectivity index (χ1) is 8.02. The van der Waals surface area contributed by atoms with E-state index in [1.54, 1.807) is 29.5 Å². The Morgan fingerprint density at radius 1 is 1.65 bits per heavy atom. The second-order valence-corrected chi connectivity index (χ2v) is 4.35. The van der Waals surface area contributed by atoms with Gasteiger partial charge >= 0.3 is 5.97 Å². The van der Waals surface area contributed by atoms with E-state index in [9.17, 15) is 13.6 Å². The van der Waals surface area contributed by atoms with Crippen LogP contribution in [0.2, 0.25) is 0 Å². The molecule has 0 aromatic carbocycles. The molecule has 0 unspecified atom stereocenters. The van der Waals surface area contributed by atoms with Crippen LogP contribution in [0.4, 0.5) is 8.78 Å². The van der Waals surface area contributed by atoms with Gasteiger partial charge < -0.3 is 4.74 Å². The van der Waals surface area contributed by atoms with Crippen LogP contribution in [0.3, 0.4) is 0 Å². The molecule has 3 nitrogen and oxygen atoms in total. The van der Waals surface area contributed by atoms with Crippen molar-refractivity contribution in [3.8, 4) is 0 Å². The molecule has 1 heterocycles. The van der Waals surface area contributed by atoms with Crippen LogP contribution < -0.4 is 0 Å². The molecule has 1 aromatic heterocycles. The lowest BCUT2D eigenvalue weighted by Gasteiger charge is -2.11. The van der Waals surface area contributed by atoms with Crippen LogP contribution in [-0.2, 0) is 10.6 Å². The van der Waals surface area contributed by atoms with Gasteiger partial charge in [-0.15, -0.1) is 11.6 Å². The first-order valence-electron chi connectivity index (χ1n) is 4.71. The lowest BCUT2D eigenvalue weighted by Crippen LogP contribution is -2.11.